The van der Waals surface area contributed by atoms with Crippen LogP contribution in [0.1, 0.15) is 44.0 Å². The number of ether oxygens (including phenoxy) is 1. The predicted octanol–water partition coefficient (Wildman–Crippen LogP) is 2.13. The monoisotopic (exact) mass is 364 g/mol. The summed E-state index contributed by atoms with van der Waals surface area (Å²) in [5.41, 5.74) is 0.423. The van der Waals surface area contributed by atoms with Crippen molar-refractivity contribution < 1.29 is 23.5 Å². The van der Waals surface area contributed by atoms with E-state index in [0.717, 1.165) is 0 Å². The SMILES string of the molecule is CC(C)NC(=O)C(C)OC(=O)C1CCN(C(=O)c2ccc(F)cc2)CC1. The second-order valence-corrected chi connectivity index (χ2v) is 6.82. The van der Waals surface area contributed by atoms with Gasteiger partial charge in [-0.3, -0.25) is 14.4 Å². The Labute approximate surface area is 152 Å². The number of amides is 2. The maximum Gasteiger partial charge on any atom is 0.309 e. The van der Waals surface area contributed by atoms with Crippen LogP contribution in [0, 0.1) is 11.7 Å². The van der Waals surface area contributed by atoms with Gasteiger partial charge in [-0.2, -0.15) is 0 Å². The molecule has 2 rings (SSSR count). The molecule has 1 aromatic carbocycles. The van der Waals surface area contributed by atoms with E-state index in [4.69, 9.17) is 4.74 Å². The van der Waals surface area contributed by atoms with E-state index in [-0.39, 0.29) is 23.8 Å². The molecular formula is C19H25FN2O4. The molecule has 1 saturated heterocycles. The number of rotatable bonds is 5. The topological polar surface area (TPSA) is 75.7 Å². The van der Waals surface area contributed by atoms with Crippen LogP contribution in [0.3, 0.4) is 0 Å². The van der Waals surface area contributed by atoms with Crippen molar-refractivity contribution in [3.63, 3.8) is 0 Å². The van der Waals surface area contributed by atoms with Crippen molar-refractivity contribution in [1.29, 1.82) is 0 Å². The fourth-order valence-corrected chi connectivity index (χ4v) is 2.82. The molecule has 1 heterocycles. The van der Waals surface area contributed by atoms with Crippen molar-refractivity contribution >= 4 is 17.8 Å². The highest BCUT2D eigenvalue weighted by Crippen LogP contribution is 2.21. The molecule has 0 aliphatic carbocycles. The van der Waals surface area contributed by atoms with Gasteiger partial charge in [0.15, 0.2) is 6.10 Å². The number of halogens is 1. The number of piperidine rings is 1. The largest absolute Gasteiger partial charge is 0.452 e. The van der Waals surface area contributed by atoms with Crippen molar-refractivity contribution in [2.24, 2.45) is 5.92 Å². The number of carbonyl (C=O) groups excluding carboxylic acids is 3. The van der Waals surface area contributed by atoms with Crippen LogP contribution in [0.5, 0.6) is 0 Å². The van der Waals surface area contributed by atoms with Crippen LogP contribution in [0.4, 0.5) is 4.39 Å². The third-order valence-corrected chi connectivity index (χ3v) is 4.30. The number of nitrogens with zero attached hydrogens (tertiary/aromatic N) is 1. The van der Waals surface area contributed by atoms with Gasteiger partial charge in [-0.05, 0) is 57.9 Å². The van der Waals surface area contributed by atoms with Gasteiger partial charge in [0.1, 0.15) is 5.82 Å². The zero-order chi connectivity index (χ0) is 19.3. The first-order chi connectivity index (χ1) is 12.3. The Kier molecular flexibility index (Phi) is 6.71. The van der Waals surface area contributed by atoms with Crippen molar-refractivity contribution in [2.45, 2.75) is 45.8 Å². The van der Waals surface area contributed by atoms with E-state index in [1.165, 1.54) is 24.3 Å². The molecule has 1 N–H and O–H groups in total. The molecule has 1 aromatic rings. The quantitative estimate of drug-likeness (QED) is 0.812. The molecule has 1 atom stereocenters. The standard InChI is InChI=1S/C19H25FN2O4/c1-12(2)21-17(23)13(3)26-19(25)15-8-10-22(11-9-15)18(24)14-4-6-16(20)7-5-14/h4-7,12-13,15H,8-11H2,1-3H3,(H,21,23). The average Bonchev–Trinajstić information content (AvgIpc) is 2.61. The number of carbonyl (C=O) groups is 3. The van der Waals surface area contributed by atoms with Gasteiger partial charge in [-0.25, -0.2) is 4.39 Å². The lowest BCUT2D eigenvalue weighted by Crippen LogP contribution is -2.43. The minimum atomic E-state index is -0.844. The minimum absolute atomic E-state index is 0.0237. The highest BCUT2D eigenvalue weighted by atomic mass is 19.1. The van der Waals surface area contributed by atoms with Crippen LogP contribution in [-0.4, -0.2) is 47.9 Å². The second kappa shape index (κ2) is 8.78. The molecule has 2 amide bonds. The summed E-state index contributed by atoms with van der Waals surface area (Å²) in [5, 5.41) is 2.70. The van der Waals surface area contributed by atoms with Gasteiger partial charge < -0.3 is 15.0 Å². The molecule has 6 nitrogen and oxygen atoms in total. The lowest BCUT2D eigenvalue weighted by atomic mass is 9.96. The molecule has 26 heavy (non-hydrogen) atoms. The number of benzene rings is 1. The van der Waals surface area contributed by atoms with E-state index in [0.29, 0.717) is 31.5 Å². The Hall–Kier alpha value is -2.44. The Morgan fingerprint density at radius 1 is 1.12 bits per heavy atom. The first-order valence-electron chi connectivity index (χ1n) is 8.83. The summed E-state index contributed by atoms with van der Waals surface area (Å²) in [6.07, 6.45) is 0.109. The van der Waals surface area contributed by atoms with Crippen LogP contribution >= 0.6 is 0 Å². The molecule has 0 radical (unpaired) electrons. The molecule has 0 bridgehead atoms. The first-order valence-corrected chi connectivity index (χ1v) is 8.83. The Balaban J connectivity index is 1.83. The van der Waals surface area contributed by atoms with Crippen LogP contribution < -0.4 is 5.32 Å². The van der Waals surface area contributed by atoms with Gasteiger partial charge in [0.2, 0.25) is 0 Å². The lowest BCUT2D eigenvalue weighted by Gasteiger charge is -2.31. The highest BCUT2D eigenvalue weighted by molar-refractivity contribution is 5.94. The number of nitrogens with one attached hydrogen (secondary N) is 1. The molecule has 7 heteroatoms. The van der Waals surface area contributed by atoms with E-state index in [2.05, 4.69) is 5.32 Å². The number of esters is 1. The van der Waals surface area contributed by atoms with E-state index in [1.807, 2.05) is 13.8 Å². The van der Waals surface area contributed by atoms with Crippen molar-refractivity contribution in [3.8, 4) is 0 Å². The van der Waals surface area contributed by atoms with E-state index in [9.17, 15) is 18.8 Å². The predicted molar refractivity (Wildman–Crippen MR) is 93.9 cm³/mol. The minimum Gasteiger partial charge on any atom is -0.452 e. The lowest BCUT2D eigenvalue weighted by molar-refractivity contribution is -0.160. The summed E-state index contributed by atoms with van der Waals surface area (Å²) < 4.78 is 18.2. The molecule has 142 valence electrons. The van der Waals surface area contributed by atoms with Crippen LogP contribution in [0.2, 0.25) is 0 Å². The van der Waals surface area contributed by atoms with Crippen molar-refractivity contribution in [2.75, 3.05) is 13.1 Å². The fraction of sp³-hybridized carbons (Fsp3) is 0.526. The van der Waals surface area contributed by atoms with Crippen LogP contribution in [0.25, 0.3) is 0 Å². The van der Waals surface area contributed by atoms with E-state index >= 15 is 0 Å². The van der Waals surface area contributed by atoms with Crippen LogP contribution in [0.15, 0.2) is 24.3 Å². The first kappa shape index (κ1) is 19.9. The molecule has 1 unspecified atom stereocenters. The maximum absolute atomic E-state index is 13.0. The van der Waals surface area contributed by atoms with Gasteiger partial charge in [0, 0.05) is 24.7 Å². The summed E-state index contributed by atoms with van der Waals surface area (Å²) in [4.78, 5) is 38.1. The summed E-state index contributed by atoms with van der Waals surface area (Å²) in [6.45, 7) is 6.05. The number of likely N-dealkylation sites (tertiary alicyclic amines) is 1. The van der Waals surface area contributed by atoms with Gasteiger partial charge in [0.05, 0.1) is 5.92 Å². The summed E-state index contributed by atoms with van der Waals surface area (Å²) in [6, 6.07) is 5.38. The molecule has 1 fully saturated rings. The zero-order valence-corrected chi connectivity index (χ0v) is 15.3. The average molecular weight is 364 g/mol. The van der Waals surface area contributed by atoms with Crippen LogP contribution in [-0.2, 0) is 14.3 Å². The molecule has 0 saturated carbocycles. The van der Waals surface area contributed by atoms with E-state index in [1.54, 1.807) is 11.8 Å². The number of hydrogen-bond donors (Lipinski definition) is 1. The summed E-state index contributed by atoms with van der Waals surface area (Å²) in [7, 11) is 0. The summed E-state index contributed by atoms with van der Waals surface area (Å²) in [5.74, 6) is -1.63. The molecule has 1 aliphatic heterocycles. The van der Waals surface area contributed by atoms with E-state index < -0.39 is 17.9 Å². The molecule has 0 spiro atoms. The second-order valence-electron chi connectivity index (χ2n) is 6.82. The third-order valence-electron chi connectivity index (χ3n) is 4.30. The maximum atomic E-state index is 13.0. The fourth-order valence-electron chi connectivity index (χ4n) is 2.82. The zero-order valence-electron chi connectivity index (χ0n) is 15.3. The molecule has 0 aromatic heterocycles. The van der Waals surface area contributed by atoms with Gasteiger partial charge in [0.25, 0.3) is 11.8 Å². The normalized spacial score (nSPS) is 16.3. The molecular weight excluding hydrogens is 339 g/mol. The Bertz CT molecular complexity index is 652. The van der Waals surface area contributed by atoms with Crippen molar-refractivity contribution in [3.05, 3.63) is 35.6 Å². The summed E-state index contributed by atoms with van der Waals surface area (Å²) >= 11 is 0. The Morgan fingerprint density at radius 2 is 1.69 bits per heavy atom. The van der Waals surface area contributed by atoms with Crippen molar-refractivity contribution in [1.82, 2.24) is 10.2 Å². The van der Waals surface area contributed by atoms with Gasteiger partial charge in [-0.15, -0.1) is 0 Å². The number of hydrogen-bond acceptors (Lipinski definition) is 4. The smallest absolute Gasteiger partial charge is 0.309 e. The molecule has 1 aliphatic rings. The third kappa shape index (κ3) is 5.28. The van der Waals surface area contributed by atoms with Gasteiger partial charge >= 0.3 is 5.97 Å². The Morgan fingerprint density at radius 3 is 2.23 bits per heavy atom. The highest BCUT2D eigenvalue weighted by Gasteiger charge is 2.30. The van der Waals surface area contributed by atoms with Gasteiger partial charge in [-0.1, -0.05) is 0 Å².